The third kappa shape index (κ3) is 5.81. The number of nitrogens with two attached hydrogens (primary N) is 1. The Labute approximate surface area is 171 Å². The van der Waals surface area contributed by atoms with Gasteiger partial charge in [0.15, 0.2) is 0 Å². The van der Waals surface area contributed by atoms with Crippen LogP contribution >= 0.6 is 0 Å². The van der Waals surface area contributed by atoms with Crippen LogP contribution in [-0.4, -0.2) is 47.0 Å². The first kappa shape index (κ1) is 20.9. The maximum atomic E-state index is 12.8. The number of aryl methyl sites for hydroxylation is 1. The van der Waals surface area contributed by atoms with Crippen LogP contribution in [0.2, 0.25) is 0 Å². The minimum Gasteiger partial charge on any atom is -0.508 e. The Balaban J connectivity index is 1.48. The molecule has 0 saturated carbocycles. The molecule has 1 aliphatic heterocycles. The number of rotatable bonds is 8. The third-order valence-electron chi connectivity index (χ3n) is 5.33. The highest BCUT2D eigenvalue weighted by molar-refractivity contribution is 5.90. The second kappa shape index (κ2) is 10.1. The van der Waals surface area contributed by atoms with Crippen molar-refractivity contribution >= 4 is 11.8 Å². The molecule has 6 nitrogen and oxygen atoms in total. The summed E-state index contributed by atoms with van der Waals surface area (Å²) >= 11 is 0. The highest BCUT2D eigenvalue weighted by atomic mass is 16.3. The van der Waals surface area contributed by atoms with E-state index in [2.05, 4.69) is 17.4 Å². The summed E-state index contributed by atoms with van der Waals surface area (Å²) in [7, 11) is 0. The van der Waals surface area contributed by atoms with E-state index in [0.29, 0.717) is 25.9 Å². The molecule has 2 aromatic rings. The third-order valence-corrected chi connectivity index (χ3v) is 5.33. The number of hydrogen-bond acceptors (Lipinski definition) is 4. The lowest BCUT2D eigenvalue weighted by molar-refractivity contribution is -0.139. The van der Waals surface area contributed by atoms with Gasteiger partial charge in [0.05, 0.1) is 6.04 Å². The molecule has 0 aromatic heterocycles. The normalized spacial score (nSPS) is 17.1. The van der Waals surface area contributed by atoms with Gasteiger partial charge in [-0.3, -0.25) is 9.59 Å². The van der Waals surface area contributed by atoms with Gasteiger partial charge in [-0.2, -0.15) is 0 Å². The zero-order chi connectivity index (χ0) is 20.6. The molecule has 0 aliphatic carbocycles. The molecular formula is C23H29N3O3. The summed E-state index contributed by atoms with van der Waals surface area (Å²) in [5.74, 6) is -0.113. The van der Waals surface area contributed by atoms with Crippen molar-refractivity contribution in [3.63, 3.8) is 0 Å². The number of aromatic hydroxyl groups is 1. The molecular weight excluding hydrogens is 366 g/mol. The highest BCUT2D eigenvalue weighted by Crippen LogP contribution is 2.19. The number of amides is 2. The predicted octanol–water partition coefficient (Wildman–Crippen LogP) is 2.00. The van der Waals surface area contributed by atoms with Crippen LogP contribution in [0.1, 0.15) is 30.4 Å². The number of phenolic OH excluding ortho intramolecular Hbond substituents is 1. The first-order chi connectivity index (χ1) is 14.0. The topological polar surface area (TPSA) is 95.7 Å². The fourth-order valence-corrected chi connectivity index (χ4v) is 3.76. The quantitative estimate of drug-likeness (QED) is 0.596. The van der Waals surface area contributed by atoms with Gasteiger partial charge in [0.2, 0.25) is 11.8 Å². The minimum absolute atomic E-state index is 0.0965. The summed E-state index contributed by atoms with van der Waals surface area (Å²) in [4.78, 5) is 27.1. The average Bonchev–Trinajstić information content (AvgIpc) is 3.23. The molecule has 29 heavy (non-hydrogen) atoms. The molecule has 2 atom stereocenters. The van der Waals surface area contributed by atoms with Gasteiger partial charge in [-0.15, -0.1) is 0 Å². The van der Waals surface area contributed by atoms with E-state index >= 15 is 0 Å². The van der Waals surface area contributed by atoms with Crippen LogP contribution in [0.4, 0.5) is 0 Å². The first-order valence-corrected chi connectivity index (χ1v) is 10.2. The molecule has 1 fully saturated rings. The van der Waals surface area contributed by atoms with Crippen molar-refractivity contribution in [1.29, 1.82) is 0 Å². The Bertz CT molecular complexity index is 808. The lowest BCUT2D eigenvalue weighted by Gasteiger charge is -2.26. The summed E-state index contributed by atoms with van der Waals surface area (Å²) in [6.07, 6.45) is 3.62. The summed E-state index contributed by atoms with van der Waals surface area (Å²) in [6.45, 7) is 1.15. The van der Waals surface area contributed by atoms with Crippen LogP contribution in [0.3, 0.4) is 0 Å². The molecule has 3 rings (SSSR count). The van der Waals surface area contributed by atoms with Crippen LogP contribution in [0.5, 0.6) is 5.75 Å². The predicted molar refractivity (Wildman–Crippen MR) is 112 cm³/mol. The Hall–Kier alpha value is -2.86. The Morgan fingerprint density at radius 3 is 2.55 bits per heavy atom. The SMILES string of the molecule is N[C@@H](Cc1ccc(O)cc1)C(=O)N1CCC[C@H]1C(=O)NCCCc1ccccc1. The van der Waals surface area contributed by atoms with Crippen LogP contribution < -0.4 is 11.1 Å². The number of carbonyl (C=O) groups excluding carboxylic acids is 2. The summed E-state index contributed by atoms with van der Waals surface area (Å²) in [5, 5.41) is 12.3. The van der Waals surface area contributed by atoms with Gasteiger partial charge >= 0.3 is 0 Å². The largest absolute Gasteiger partial charge is 0.508 e. The maximum absolute atomic E-state index is 12.8. The van der Waals surface area contributed by atoms with Crippen LogP contribution in [0, 0.1) is 0 Å². The number of phenols is 1. The van der Waals surface area contributed by atoms with Gasteiger partial charge in [0.1, 0.15) is 11.8 Å². The molecule has 0 unspecified atom stereocenters. The molecule has 2 aromatic carbocycles. The van der Waals surface area contributed by atoms with Crippen LogP contribution in [-0.2, 0) is 22.4 Å². The Morgan fingerprint density at radius 1 is 1.10 bits per heavy atom. The fourth-order valence-electron chi connectivity index (χ4n) is 3.76. The molecule has 0 spiro atoms. The van der Waals surface area contributed by atoms with E-state index in [0.717, 1.165) is 24.8 Å². The average molecular weight is 396 g/mol. The summed E-state index contributed by atoms with van der Waals surface area (Å²) < 4.78 is 0. The molecule has 0 radical (unpaired) electrons. The number of nitrogens with one attached hydrogen (secondary N) is 1. The van der Waals surface area contributed by atoms with E-state index < -0.39 is 12.1 Å². The van der Waals surface area contributed by atoms with Crippen molar-refractivity contribution in [2.45, 2.75) is 44.2 Å². The molecule has 6 heteroatoms. The zero-order valence-electron chi connectivity index (χ0n) is 16.6. The second-order valence-electron chi connectivity index (χ2n) is 7.55. The zero-order valence-corrected chi connectivity index (χ0v) is 16.6. The number of carbonyl (C=O) groups is 2. The minimum atomic E-state index is -0.703. The lowest BCUT2D eigenvalue weighted by atomic mass is 10.0. The summed E-state index contributed by atoms with van der Waals surface area (Å²) in [6, 6.07) is 15.7. The van der Waals surface area contributed by atoms with Gasteiger partial charge in [-0.1, -0.05) is 42.5 Å². The second-order valence-corrected chi connectivity index (χ2v) is 7.55. The monoisotopic (exact) mass is 395 g/mol. The van der Waals surface area contributed by atoms with Crippen molar-refractivity contribution in [2.75, 3.05) is 13.1 Å². The van der Waals surface area contributed by atoms with Crippen molar-refractivity contribution in [3.05, 3.63) is 65.7 Å². The Kier molecular flexibility index (Phi) is 7.25. The first-order valence-electron chi connectivity index (χ1n) is 10.2. The van der Waals surface area contributed by atoms with Crippen LogP contribution in [0.25, 0.3) is 0 Å². The number of benzene rings is 2. The van der Waals surface area contributed by atoms with Gasteiger partial charge in [-0.05, 0) is 55.4 Å². The van der Waals surface area contributed by atoms with E-state index in [-0.39, 0.29) is 17.6 Å². The van der Waals surface area contributed by atoms with Crippen molar-refractivity contribution < 1.29 is 14.7 Å². The molecule has 1 saturated heterocycles. The van der Waals surface area contributed by atoms with Gasteiger partial charge in [0, 0.05) is 13.1 Å². The maximum Gasteiger partial charge on any atom is 0.242 e. The van der Waals surface area contributed by atoms with Gasteiger partial charge in [0.25, 0.3) is 0 Å². The van der Waals surface area contributed by atoms with E-state index in [4.69, 9.17) is 5.73 Å². The lowest BCUT2D eigenvalue weighted by Crippen LogP contribution is -2.51. The molecule has 1 aliphatic rings. The fraction of sp³-hybridized carbons (Fsp3) is 0.391. The van der Waals surface area contributed by atoms with E-state index in [9.17, 15) is 14.7 Å². The van der Waals surface area contributed by atoms with Gasteiger partial charge < -0.3 is 21.1 Å². The van der Waals surface area contributed by atoms with E-state index in [1.165, 1.54) is 5.56 Å². The number of likely N-dealkylation sites (tertiary alicyclic amines) is 1. The summed E-state index contributed by atoms with van der Waals surface area (Å²) in [5.41, 5.74) is 8.26. The molecule has 4 N–H and O–H groups in total. The molecule has 154 valence electrons. The molecule has 1 heterocycles. The number of nitrogens with zero attached hydrogens (tertiary/aromatic N) is 1. The van der Waals surface area contributed by atoms with E-state index in [1.54, 1.807) is 29.2 Å². The number of hydrogen-bond donors (Lipinski definition) is 3. The smallest absolute Gasteiger partial charge is 0.242 e. The standard InChI is InChI=1S/C23H29N3O3/c24-20(16-18-10-12-19(27)13-11-18)23(29)26-15-5-9-21(26)22(28)25-14-4-8-17-6-2-1-3-7-17/h1-3,6-7,10-13,20-21,27H,4-5,8-9,14-16,24H2,(H,25,28)/t20-,21-/m0/s1. The van der Waals surface area contributed by atoms with Crippen molar-refractivity contribution in [2.24, 2.45) is 5.73 Å². The molecule has 0 bridgehead atoms. The van der Waals surface area contributed by atoms with Crippen molar-refractivity contribution in [1.82, 2.24) is 10.2 Å². The highest BCUT2D eigenvalue weighted by Gasteiger charge is 2.35. The van der Waals surface area contributed by atoms with Crippen molar-refractivity contribution in [3.8, 4) is 5.75 Å². The van der Waals surface area contributed by atoms with Crippen LogP contribution in [0.15, 0.2) is 54.6 Å². The molecule has 2 amide bonds. The van der Waals surface area contributed by atoms with Gasteiger partial charge in [-0.25, -0.2) is 0 Å². The van der Waals surface area contributed by atoms with E-state index in [1.807, 2.05) is 18.2 Å². The Morgan fingerprint density at radius 2 is 1.83 bits per heavy atom.